The molecular formula is C22H25N3O2S. The normalized spacial score (nSPS) is 11.2. The average molecular weight is 396 g/mol. The monoisotopic (exact) mass is 395 g/mol. The maximum atomic E-state index is 12.3. The van der Waals surface area contributed by atoms with Crippen molar-refractivity contribution in [2.75, 3.05) is 22.4 Å². The molecule has 0 saturated carbocycles. The molecule has 1 N–H and O–H groups in total. The van der Waals surface area contributed by atoms with Gasteiger partial charge in [0.15, 0.2) is 0 Å². The van der Waals surface area contributed by atoms with Gasteiger partial charge in [0, 0.05) is 13.6 Å². The second-order valence-electron chi connectivity index (χ2n) is 6.75. The fourth-order valence-corrected chi connectivity index (χ4v) is 4.01. The average Bonchev–Trinajstić information content (AvgIpc) is 2.69. The molecule has 0 aliphatic heterocycles. The van der Waals surface area contributed by atoms with Crippen LogP contribution in [0.3, 0.4) is 0 Å². The molecule has 0 amide bonds. The van der Waals surface area contributed by atoms with Crippen molar-refractivity contribution in [3.8, 4) is 0 Å². The molecule has 146 valence electrons. The lowest BCUT2D eigenvalue weighted by atomic mass is 10.1. The quantitative estimate of drug-likeness (QED) is 0.593. The highest BCUT2D eigenvalue weighted by atomic mass is 32.2. The van der Waals surface area contributed by atoms with E-state index >= 15 is 0 Å². The standard InChI is InChI=1S/C22H25N3O2S/c1-25(18-20-11-6-3-7-12-20)21-14-15-22(23-17-21)24-28(26,27)16-8-13-19-9-4-2-5-10-19/h2-7,9-12,14-15,17H,8,13,16,18H2,1H3,(H,23,24). The van der Waals surface area contributed by atoms with E-state index in [0.29, 0.717) is 12.2 Å². The van der Waals surface area contributed by atoms with Crippen LogP contribution in [0.4, 0.5) is 11.5 Å². The molecule has 1 aromatic heterocycles. The van der Waals surface area contributed by atoms with Crippen LogP contribution in [-0.2, 0) is 23.0 Å². The lowest BCUT2D eigenvalue weighted by Crippen LogP contribution is -2.19. The Hall–Kier alpha value is -2.86. The second-order valence-corrected chi connectivity index (χ2v) is 8.60. The Morgan fingerprint density at radius 1 is 0.893 bits per heavy atom. The van der Waals surface area contributed by atoms with Crippen molar-refractivity contribution < 1.29 is 8.42 Å². The van der Waals surface area contributed by atoms with E-state index in [2.05, 4.69) is 26.7 Å². The summed E-state index contributed by atoms with van der Waals surface area (Å²) in [6.07, 6.45) is 2.99. The molecule has 5 nitrogen and oxygen atoms in total. The van der Waals surface area contributed by atoms with Crippen molar-refractivity contribution >= 4 is 21.5 Å². The molecule has 0 aliphatic rings. The number of hydrogen-bond donors (Lipinski definition) is 1. The Bertz CT molecular complexity index is 960. The van der Waals surface area contributed by atoms with Crippen LogP contribution in [0.25, 0.3) is 0 Å². The SMILES string of the molecule is CN(Cc1ccccc1)c1ccc(NS(=O)(=O)CCCc2ccccc2)nc1. The predicted molar refractivity (Wildman–Crippen MR) is 115 cm³/mol. The van der Waals surface area contributed by atoms with E-state index in [1.54, 1.807) is 12.3 Å². The van der Waals surface area contributed by atoms with E-state index in [-0.39, 0.29) is 5.75 Å². The largest absolute Gasteiger partial charge is 0.369 e. The van der Waals surface area contributed by atoms with Crippen molar-refractivity contribution in [2.45, 2.75) is 19.4 Å². The van der Waals surface area contributed by atoms with Crippen LogP contribution in [-0.4, -0.2) is 26.2 Å². The van der Waals surface area contributed by atoms with Crippen LogP contribution in [0.1, 0.15) is 17.5 Å². The van der Waals surface area contributed by atoms with Crippen molar-refractivity contribution in [2.24, 2.45) is 0 Å². The van der Waals surface area contributed by atoms with Gasteiger partial charge in [-0.3, -0.25) is 4.72 Å². The first-order valence-corrected chi connectivity index (χ1v) is 10.9. The van der Waals surface area contributed by atoms with Crippen molar-refractivity contribution in [3.05, 3.63) is 90.1 Å². The van der Waals surface area contributed by atoms with Gasteiger partial charge in [0.25, 0.3) is 0 Å². The number of hydrogen-bond acceptors (Lipinski definition) is 4. The summed E-state index contributed by atoms with van der Waals surface area (Å²) < 4.78 is 27.1. The minimum atomic E-state index is -3.41. The fourth-order valence-electron chi connectivity index (χ4n) is 2.94. The molecular weight excluding hydrogens is 370 g/mol. The Kier molecular flexibility index (Phi) is 6.66. The first-order valence-electron chi connectivity index (χ1n) is 9.27. The van der Waals surface area contributed by atoms with Gasteiger partial charge in [-0.15, -0.1) is 0 Å². The number of aromatic nitrogens is 1. The summed E-state index contributed by atoms with van der Waals surface area (Å²) in [7, 11) is -1.43. The van der Waals surface area contributed by atoms with Gasteiger partial charge in [-0.25, -0.2) is 13.4 Å². The zero-order chi connectivity index (χ0) is 19.8. The maximum Gasteiger partial charge on any atom is 0.233 e. The number of aryl methyl sites for hydroxylation is 1. The molecule has 0 saturated heterocycles. The van der Waals surface area contributed by atoms with Gasteiger partial charge >= 0.3 is 0 Å². The van der Waals surface area contributed by atoms with Gasteiger partial charge in [0.05, 0.1) is 17.6 Å². The first kappa shape index (κ1) is 19.9. The van der Waals surface area contributed by atoms with Crippen LogP contribution in [0.5, 0.6) is 0 Å². The molecule has 0 radical (unpaired) electrons. The van der Waals surface area contributed by atoms with Gasteiger partial charge in [0.2, 0.25) is 10.0 Å². The van der Waals surface area contributed by atoms with Crippen molar-refractivity contribution in [3.63, 3.8) is 0 Å². The molecule has 0 atom stereocenters. The molecule has 1 heterocycles. The van der Waals surface area contributed by atoms with Gasteiger partial charge in [-0.2, -0.15) is 0 Å². The van der Waals surface area contributed by atoms with Gasteiger partial charge in [-0.05, 0) is 36.1 Å². The molecule has 3 aromatic rings. The van der Waals surface area contributed by atoms with E-state index < -0.39 is 10.0 Å². The molecule has 6 heteroatoms. The summed E-state index contributed by atoms with van der Waals surface area (Å²) in [5.74, 6) is 0.413. The third-order valence-corrected chi connectivity index (χ3v) is 5.78. The first-order chi connectivity index (χ1) is 13.5. The topological polar surface area (TPSA) is 62.3 Å². The van der Waals surface area contributed by atoms with Crippen molar-refractivity contribution in [1.29, 1.82) is 0 Å². The molecule has 0 aliphatic carbocycles. The summed E-state index contributed by atoms with van der Waals surface area (Å²) in [6.45, 7) is 0.757. The van der Waals surface area contributed by atoms with Gasteiger partial charge < -0.3 is 4.90 Å². The Labute approximate surface area is 167 Å². The molecule has 3 rings (SSSR count). The molecule has 0 unspecified atom stereocenters. The number of anilines is 2. The third kappa shape index (κ3) is 6.09. The van der Waals surface area contributed by atoms with E-state index in [4.69, 9.17) is 0 Å². The van der Waals surface area contributed by atoms with E-state index in [9.17, 15) is 8.42 Å². The van der Waals surface area contributed by atoms with Gasteiger partial charge in [-0.1, -0.05) is 60.7 Å². The Balaban J connectivity index is 1.52. The summed E-state index contributed by atoms with van der Waals surface area (Å²) in [5, 5.41) is 0. The fraction of sp³-hybridized carbons (Fsp3) is 0.227. The lowest BCUT2D eigenvalue weighted by molar-refractivity contribution is 0.598. The number of nitrogens with zero attached hydrogens (tertiary/aromatic N) is 2. The second kappa shape index (κ2) is 9.37. The molecule has 0 spiro atoms. The number of sulfonamides is 1. The minimum Gasteiger partial charge on any atom is -0.369 e. The van der Waals surface area contributed by atoms with E-state index in [1.807, 2.05) is 61.6 Å². The molecule has 0 bridgehead atoms. The maximum absolute atomic E-state index is 12.3. The number of rotatable bonds is 9. The number of nitrogens with one attached hydrogen (secondary N) is 1. The summed E-state index contributed by atoms with van der Waals surface area (Å²) >= 11 is 0. The van der Waals surface area contributed by atoms with Crippen LogP contribution in [0, 0.1) is 0 Å². The van der Waals surface area contributed by atoms with Crippen molar-refractivity contribution in [1.82, 2.24) is 4.98 Å². The summed E-state index contributed by atoms with van der Waals surface area (Å²) in [4.78, 5) is 6.33. The predicted octanol–water partition coefficient (Wildman–Crippen LogP) is 4.09. The minimum absolute atomic E-state index is 0.0687. The van der Waals surface area contributed by atoms with Crippen LogP contribution in [0.2, 0.25) is 0 Å². The highest BCUT2D eigenvalue weighted by Gasteiger charge is 2.11. The van der Waals surface area contributed by atoms with Gasteiger partial charge in [0.1, 0.15) is 5.82 Å². The zero-order valence-electron chi connectivity index (χ0n) is 16.0. The Morgan fingerprint density at radius 3 is 2.14 bits per heavy atom. The van der Waals surface area contributed by atoms with E-state index in [1.165, 1.54) is 5.56 Å². The lowest BCUT2D eigenvalue weighted by Gasteiger charge is -2.19. The zero-order valence-corrected chi connectivity index (χ0v) is 16.8. The Morgan fingerprint density at radius 2 is 1.54 bits per heavy atom. The van der Waals surface area contributed by atoms with Crippen LogP contribution < -0.4 is 9.62 Å². The smallest absolute Gasteiger partial charge is 0.233 e. The summed E-state index contributed by atoms with van der Waals surface area (Å²) in [6, 6.07) is 23.6. The molecule has 28 heavy (non-hydrogen) atoms. The highest BCUT2D eigenvalue weighted by Crippen LogP contribution is 2.17. The molecule has 2 aromatic carbocycles. The molecule has 0 fully saturated rings. The highest BCUT2D eigenvalue weighted by molar-refractivity contribution is 7.92. The number of benzene rings is 2. The summed E-state index contributed by atoms with van der Waals surface area (Å²) in [5.41, 5.74) is 3.27. The van der Waals surface area contributed by atoms with E-state index in [0.717, 1.165) is 24.2 Å². The van der Waals surface area contributed by atoms with Crippen LogP contribution >= 0.6 is 0 Å². The number of pyridine rings is 1. The van der Waals surface area contributed by atoms with Crippen LogP contribution in [0.15, 0.2) is 79.0 Å². The third-order valence-electron chi connectivity index (χ3n) is 4.43.